The van der Waals surface area contributed by atoms with Gasteiger partial charge in [-0.25, -0.2) is 0 Å². The molecule has 1 amide bonds. The van der Waals surface area contributed by atoms with E-state index in [1.165, 1.54) is 0 Å². The number of amides is 1. The van der Waals surface area contributed by atoms with Crippen LogP contribution in [-0.4, -0.2) is 24.0 Å². The first kappa shape index (κ1) is 15.1. The van der Waals surface area contributed by atoms with Gasteiger partial charge in [0.15, 0.2) is 6.10 Å². The van der Waals surface area contributed by atoms with E-state index in [1.54, 1.807) is 4.90 Å². The third-order valence-electron chi connectivity index (χ3n) is 3.31. The van der Waals surface area contributed by atoms with Gasteiger partial charge in [-0.05, 0) is 24.1 Å². The summed E-state index contributed by atoms with van der Waals surface area (Å²) in [6.07, 6.45) is 0.202. The van der Waals surface area contributed by atoms with Crippen LogP contribution < -0.4 is 4.74 Å². The van der Waals surface area contributed by atoms with Gasteiger partial charge < -0.3 is 9.64 Å². The molecule has 110 valence electrons. The van der Waals surface area contributed by atoms with Crippen LogP contribution >= 0.6 is 0 Å². The van der Waals surface area contributed by atoms with Gasteiger partial charge in [0, 0.05) is 13.6 Å². The van der Waals surface area contributed by atoms with Crippen LogP contribution in [0.2, 0.25) is 0 Å². The molecule has 0 radical (unpaired) electrons. The first-order valence-electron chi connectivity index (χ1n) is 7.21. The van der Waals surface area contributed by atoms with Crippen LogP contribution in [0.5, 0.6) is 5.75 Å². The molecule has 0 aliphatic rings. The Labute approximate surface area is 126 Å². The topological polar surface area (TPSA) is 29.5 Å². The van der Waals surface area contributed by atoms with Gasteiger partial charge in [0.1, 0.15) is 5.75 Å². The molecule has 2 aromatic carbocycles. The number of para-hydroxylation sites is 1. The number of carbonyl (C=O) groups is 1. The van der Waals surface area contributed by atoms with Crippen LogP contribution in [0, 0.1) is 0 Å². The van der Waals surface area contributed by atoms with E-state index >= 15 is 0 Å². The summed E-state index contributed by atoms with van der Waals surface area (Å²) in [7, 11) is 1.81. The Morgan fingerprint density at radius 1 is 1.05 bits per heavy atom. The molecule has 0 saturated carbocycles. The smallest absolute Gasteiger partial charge is 0.263 e. The van der Waals surface area contributed by atoms with Gasteiger partial charge in [-0.3, -0.25) is 4.79 Å². The quantitative estimate of drug-likeness (QED) is 0.812. The molecular weight excluding hydrogens is 262 g/mol. The van der Waals surface area contributed by atoms with Crippen LogP contribution in [0.25, 0.3) is 0 Å². The van der Waals surface area contributed by atoms with E-state index in [0.29, 0.717) is 13.0 Å². The molecule has 0 spiro atoms. The van der Waals surface area contributed by atoms with Crippen molar-refractivity contribution < 1.29 is 9.53 Å². The van der Waals surface area contributed by atoms with E-state index in [1.807, 2.05) is 74.6 Å². The largest absolute Gasteiger partial charge is 0.481 e. The lowest BCUT2D eigenvalue weighted by molar-refractivity contribution is -0.138. The number of hydrogen-bond donors (Lipinski definition) is 0. The maximum Gasteiger partial charge on any atom is 0.263 e. The minimum atomic E-state index is -0.443. The summed E-state index contributed by atoms with van der Waals surface area (Å²) in [4.78, 5) is 14.2. The van der Waals surface area contributed by atoms with Crippen LogP contribution in [-0.2, 0) is 11.3 Å². The number of likely N-dealkylation sites (N-methyl/N-ethyl adjacent to an activating group) is 1. The molecule has 0 aliphatic heterocycles. The number of carbonyl (C=O) groups excluding carboxylic acids is 1. The monoisotopic (exact) mass is 283 g/mol. The average Bonchev–Trinajstić information content (AvgIpc) is 2.54. The fourth-order valence-corrected chi connectivity index (χ4v) is 2.15. The Bertz CT molecular complexity index is 554. The molecule has 1 atom stereocenters. The summed E-state index contributed by atoms with van der Waals surface area (Å²) in [5, 5.41) is 0. The van der Waals surface area contributed by atoms with Gasteiger partial charge in [-0.2, -0.15) is 0 Å². The Hall–Kier alpha value is -2.29. The predicted octanol–water partition coefficient (Wildman–Crippen LogP) is 3.50. The van der Waals surface area contributed by atoms with E-state index in [4.69, 9.17) is 4.74 Å². The molecule has 0 aromatic heterocycles. The molecule has 21 heavy (non-hydrogen) atoms. The number of nitrogens with zero attached hydrogens (tertiary/aromatic N) is 1. The molecular formula is C18H21NO2. The van der Waals surface area contributed by atoms with Crippen molar-refractivity contribution in [2.24, 2.45) is 0 Å². The van der Waals surface area contributed by atoms with Crippen LogP contribution in [0.4, 0.5) is 0 Å². The second-order valence-electron chi connectivity index (χ2n) is 5.01. The van der Waals surface area contributed by atoms with Crippen LogP contribution in [0.1, 0.15) is 18.9 Å². The maximum atomic E-state index is 12.5. The molecule has 3 nitrogen and oxygen atoms in total. The van der Waals surface area contributed by atoms with E-state index in [-0.39, 0.29) is 5.91 Å². The molecule has 0 saturated heterocycles. The Balaban J connectivity index is 1.99. The minimum absolute atomic E-state index is 0.00482. The highest BCUT2D eigenvalue weighted by molar-refractivity contribution is 5.81. The maximum absolute atomic E-state index is 12.5. The third-order valence-corrected chi connectivity index (χ3v) is 3.31. The van der Waals surface area contributed by atoms with Crippen LogP contribution in [0.15, 0.2) is 60.7 Å². The second kappa shape index (κ2) is 7.48. The number of rotatable bonds is 6. The molecule has 2 aromatic rings. The Morgan fingerprint density at radius 3 is 2.19 bits per heavy atom. The summed E-state index contributed by atoms with van der Waals surface area (Å²) in [5.74, 6) is 0.732. The number of benzene rings is 2. The third kappa shape index (κ3) is 4.35. The molecule has 0 heterocycles. The van der Waals surface area contributed by atoms with Crippen molar-refractivity contribution in [2.45, 2.75) is 26.0 Å². The highest BCUT2D eigenvalue weighted by Crippen LogP contribution is 2.14. The lowest BCUT2D eigenvalue weighted by Gasteiger charge is -2.24. The fourth-order valence-electron chi connectivity index (χ4n) is 2.15. The normalized spacial score (nSPS) is 11.7. The second-order valence-corrected chi connectivity index (χ2v) is 5.01. The van der Waals surface area contributed by atoms with Crippen molar-refractivity contribution in [3.63, 3.8) is 0 Å². The average molecular weight is 283 g/mol. The molecule has 0 fully saturated rings. The molecule has 0 N–H and O–H groups in total. The van der Waals surface area contributed by atoms with Crippen LogP contribution in [0.3, 0.4) is 0 Å². The molecule has 0 aliphatic carbocycles. The zero-order valence-electron chi connectivity index (χ0n) is 12.5. The van der Waals surface area contributed by atoms with Gasteiger partial charge >= 0.3 is 0 Å². The first-order chi connectivity index (χ1) is 10.2. The van der Waals surface area contributed by atoms with Gasteiger partial charge in [0.2, 0.25) is 0 Å². The van der Waals surface area contributed by atoms with E-state index < -0.39 is 6.10 Å². The van der Waals surface area contributed by atoms with E-state index in [2.05, 4.69) is 0 Å². The summed E-state index contributed by atoms with van der Waals surface area (Å²) < 4.78 is 5.79. The Kier molecular flexibility index (Phi) is 5.38. The highest BCUT2D eigenvalue weighted by Gasteiger charge is 2.22. The number of hydrogen-bond acceptors (Lipinski definition) is 2. The zero-order chi connectivity index (χ0) is 15.1. The highest BCUT2D eigenvalue weighted by atomic mass is 16.5. The van der Waals surface area contributed by atoms with Crippen molar-refractivity contribution in [3.8, 4) is 5.75 Å². The fraction of sp³-hybridized carbons (Fsp3) is 0.278. The first-order valence-corrected chi connectivity index (χ1v) is 7.21. The molecule has 3 heteroatoms. The van der Waals surface area contributed by atoms with Crippen molar-refractivity contribution in [2.75, 3.05) is 7.05 Å². The van der Waals surface area contributed by atoms with Gasteiger partial charge in [0.25, 0.3) is 5.91 Å². The van der Waals surface area contributed by atoms with Gasteiger partial charge in [0.05, 0.1) is 0 Å². The lowest BCUT2D eigenvalue weighted by atomic mass is 10.2. The summed E-state index contributed by atoms with van der Waals surface area (Å²) >= 11 is 0. The van der Waals surface area contributed by atoms with Crippen molar-refractivity contribution >= 4 is 5.91 Å². The molecule has 0 bridgehead atoms. The van der Waals surface area contributed by atoms with E-state index in [0.717, 1.165) is 11.3 Å². The zero-order valence-corrected chi connectivity index (χ0v) is 12.5. The molecule has 2 rings (SSSR count). The lowest BCUT2D eigenvalue weighted by Crippen LogP contribution is -2.39. The van der Waals surface area contributed by atoms with Crippen molar-refractivity contribution in [1.29, 1.82) is 0 Å². The summed E-state index contributed by atoms with van der Waals surface area (Å²) in [6.45, 7) is 2.55. The summed E-state index contributed by atoms with van der Waals surface area (Å²) in [5.41, 5.74) is 1.11. The number of ether oxygens (including phenoxy) is 1. The minimum Gasteiger partial charge on any atom is -0.481 e. The van der Waals surface area contributed by atoms with Gasteiger partial charge in [-0.1, -0.05) is 55.5 Å². The predicted molar refractivity (Wildman–Crippen MR) is 84.1 cm³/mol. The van der Waals surface area contributed by atoms with Crippen molar-refractivity contribution in [1.82, 2.24) is 4.90 Å². The molecule has 0 unspecified atom stereocenters. The SMILES string of the molecule is CC[C@@H](Oc1ccccc1)C(=O)N(C)Cc1ccccc1. The standard InChI is InChI=1S/C18H21NO2/c1-3-17(21-16-12-8-5-9-13-16)18(20)19(2)14-15-10-6-4-7-11-15/h4-13,17H,3,14H2,1-2H3/t17-/m1/s1. The van der Waals surface area contributed by atoms with E-state index in [9.17, 15) is 4.79 Å². The summed E-state index contributed by atoms with van der Waals surface area (Å²) in [6, 6.07) is 19.4. The van der Waals surface area contributed by atoms with Gasteiger partial charge in [-0.15, -0.1) is 0 Å². The Morgan fingerprint density at radius 2 is 1.62 bits per heavy atom. The van der Waals surface area contributed by atoms with Crippen molar-refractivity contribution in [3.05, 3.63) is 66.2 Å².